The highest BCUT2D eigenvalue weighted by Gasteiger charge is 2.33. The Morgan fingerprint density at radius 2 is 1.88 bits per heavy atom. The Balaban J connectivity index is 1.70. The van der Waals surface area contributed by atoms with Crippen LogP contribution in [0.1, 0.15) is 60.0 Å². The third-order valence-electron chi connectivity index (χ3n) is 5.94. The van der Waals surface area contributed by atoms with Gasteiger partial charge in [-0.1, -0.05) is 18.2 Å². The zero-order valence-corrected chi connectivity index (χ0v) is 20.7. The first-order chi connectivity index (χ1) is 15.7. The molecule has 9 heteroatoms. The minimum Gasteiger partial charge on any atom is -0.284 e. The fourth-order valence-electron chi connectivity index (χ4n) is 4.02. The molecule has 0 aliphatic carbocycles. The average Bonchev–Trinajstić information content (AvgIpc) is 2.93. The van der Waals surface area contributed by atoms with Gasteiger partial charge in [-0.25, -0.2) is 9.37 Å². The fourth-order valence-corrected chi connectivity index (χ4v) is 6.42. The molecule has 1 aromatic carbocycles. The highest BCUT2D eigenvalue weighted by atomic mass is 32.2. The second-order valence-electron chi connectivity index (χ2n) is 8.53. The molecule has 1 saturated heterocycles. The van der Waals surface area contributed by atoms with E-state index in [2.05, 4.69) is 0 Å². The Bertz CT molecular complexity index is 1280. The molecule has 3 aromatic rings. The summed E-state index contributed by atoms with van der Waals surface area (Å²) in [6.07, 6.45) is 2.07. The number of carbonyl (C=O) groups is 2. The number of hydrogen-bond acceptors (Lipinski definition) is 6. The van der Waals surface area contributed by atoms with E-state index in [1.165, 1.54) is 52.3 Å². The van der Waals surface area contributed by atoms with Crippen molar-refractivity contribution in [2.45, 2.75) is 63.4 Å². The molecule has 4 rings (SSSR count). The van der Waals surface area contributed by atoms with Crippen molar-refractivity contribution in [1.82, 2.24) is 14.5 Å². The lowest BCUT2D eigenvalue weighted by Gasteiger charge is -2.23. The molecule has 0 spiro atoms. The molecule has 6 nitrogen and oxygen atoms in total. The molecular formula is C24H26FN3O3S2. The standard InChI is InChI=1S/C24H26FN3O3S2/c1-13(2)28-23(31)19-14(3)15(4)32-20(19)26-24(28)33-18-7-5-6-12-27(22(18)30)21(29)16-8-10-17(25)11-9-16/h8-11,13,18H,5-7,12H2,1-4H3/t18-/m1/s1. The average molecular weight is 488 g/mol. The minimum absolute atomic E-state index is 0.0975. The van der Waals surface area contributed by atoms with E-state index < -0.39 is 17.0 Å². The molecule has 33 heavy (non-hydrogen) atoms. The zero-order valence-electron chi connectivity index (χ0n) is 19.1. The summed E-state index contributed by atoms with van der Waals surface area (Å²) in [5.74, 6) is -1.16. The lowest BCUT2D eigenvalue weighted by molar-refractivity contribution is -0.127. The molecule has 0 bridgehead atoms. The van der Waals surface area contributed by atoms with Gasteiger partial charge in [0.05, 0.1) is 10.6 Å². The highest BCUT2D eigenvalue weighted by Crippen LogP contribution is 2.34. The number of imide groups is 1. The number of likely N-dealkylation sites (tertiary alicyclic amines) is 1. The number of aromatic nitrogens is 2. The van der Waals surface area contributed by atoms with Gasteiger partial charge in [-0.3, -0.25) is 23.9 Å². The number of rotatable bonds is 4. The summed E-state index contributed by atoms with van der Waals surface area (Å²) in [6.45, 7) is 8.07. The number of nitrogens with zero attached hydrogens (tertiary/aromatic N) is 3. The molecule has 1 aliphatic rings. The molecule has 0 radical (unpaired) electrons. The van der Waals surface area contributed by atoms with E-state index in [1.54, 1.807) is 4.57 Å². The van der Waals surface area contributed by atoms with Crippen molar-refractivity contribution in [3.63, 3.8) is 0 Å². The monoisotopic (exact) mass is 487 g/mol. The second kappa shape index (κ2) is 9.38. The lowest BCUT2D eigenvalue weighted by Crippen LogP contribution is -2.41. The maximum atomic E-state index is 13.4. The number of hydrogen-bond donors (Lipinski definition) is 0. The summed E-state index contributed by atoms with van der Waals surface area (Å²) in [5.41, 5.74) is 1.12. The van der Waals surface area contributed by atoms with Gasteiger partial charge in [-0.15, -0.1) is 11.3 Å². The summed E-state index contributed by atoms with van der Waals surface area (Å²) >= 11 is 2.74. The molecule has 174 valence electrons. The van der Waals surface area contributed by atoms with Gasteiger partial charge < -0.3 is 0 Å². The fraction of sp³-hybridized carbons (Fsp3) is 0.417. The Morgan fingerprint density at radius 3 is 2.55 bits per heavy atom. The summed E-state index contributed by atoms with van der Waals surface area (Å²) in [4.78, 5) is 47.5. The van der Waals surface area contributed by atoms with Crippen LogP contribution in [-0.2, 0) is 4.79 Å². The Morgan fingerprint density at radius 1 is 1.18 bits per heavy atom. The molecule has 0 N–H and O–H groups in total. The molecule has 0 unspecified atom stereocenters. The SMILES string of the molecule is Cc1sc2nc(S[C@@H]3CCCCN(C(=O)c4ccc(F)cc4)C3=O)n(C(C)C)c(=O)c2c1C. The summed E-state index contributed by atoms with van der Waals surface area (Å²) < 4.78 is 14.9. The van der Waals surface area contributed by atoms with E-state index in [1.807, 2.05) is 27.7 Å². The topological polar surface area (TPSA) is 72.3 Å². The van der Waals surface area contributed by atoms with E-state index in [0.717, 1.165) is 16.9 Å². The van der Waals surface area contributed by atoms with E-state index in [-0.39, 0.29) is 23.1 Å². The number of thioether (sulfide) groups is 1. The minimum atomic E-state index is -0.534. The van der Waals surface area contributed by atoms with Crippen molar-refractivity contribution >= 4 is 45.1 Å². The molecule has 1 fully saturated rings. The molecular weight excluding hydrogens is 461 g/mol. The first-order valence-corrected chi connectivity index (χ1v) is 12.7. The normalized spacial score (nSPS) is 17.1. The first kappa shape index (κ1) is 23.6. The van der Waals surface area contributed by atoms with Gasteiger partial charge in [-0.05, 0) is 70.4 Å². The van der Waals surface area contributed by atoms with Crippen molar-refractivity contribution in [2.75, 3.05) is 6.54 Å². The van der Waals surface area contributed by atoms with Crippen molar-refractivity contribution in [1.29, 1.82) is 0 Å². The third kappa shape index (κ3) is 4.48. The number of thiophene rings is 1. The van der Waals surface area contributed by atoms with Gasteiger partial charge in [0.1, 0.15) is 10.6 Å². The van der Waals surface area contributed by atoms with Crippen LogP contribution >= 0.6 is 23.1 Å². The van der Waals surface area contributed by atoms with Crippen LogP contribution in [0.15, 0.2) is 34.2 Å². The molecule has 2 amide bonds. The summed E-state index contributed by atoms with van der Waals surface area (Å²) in [6, 6.07) is 5.09. The number of halogens is 1. The second-order valence-corrected chi connectivity index (χ2v) is 10.9. The molecule has 1 atom stereocenters. The molecule has 1 aliphatic heterocycles. The number of fused-ring (bicyclic) bond motifs is 1. The van der Waals surface area contributed by atoms with Crippen molar-refractivity contribution in [3.05, 3.63) is 56.4 Å². The lowest BCUT2D eigenvalue weighted by atomic mass is 10.2. The van der Waals surface area contributed by atoms with Crippen LogP contribution in [0, 0.1) is 19.7 Å². The number of amides is 2. The summed E-state index contributed by atoms with van der Waals surface area (Å²) in [7, 11) is 0. The molecule has 3 heterocycles. The predicted octanol–water partition coefficient (Wildman–Crippen LogP) is 5.11. The van der Waals surface area contributed by atoms with Crippen molar-refractivity contribution in [3.8, 4) is 0 Å². The summed E-state index contributed by atoms with van der Waals surface area (Å²) in [5, 5.41) is 0.599. The van der Waals surface area contributed by atoms with Gasteiger partial charge >= 0.3 is 0 Å². The van der Waals surface area contributed by atoms with Gasteiger partial charge in [0.15, 0.2) is 5.16 Å². The molecule has 2 aromatic heterocycles. The maximum Gasteiger partial charge on any atom is 0.263 e. The Labute approximate surface area is 199 Å². The van der Waals surface area contributed by atoms with Crippen molar-refractivity contribution < 1.29 is 14.0 Å². The first-order valence-electron chi connectivity index (χ1n) is 11.0. The van der Waals surface area contributed by atoms with Crippen LogP contribution in [0.3, 0.4) is 0 Å². The van der Waals surface area contributed by atoms with Gasteiger partial charge in [-0.2, -0.15) is 0 Å². The molecule has 0 saturated carbocycles. The van der Waals surface area contributed by atoms with E-state index in [0.29, 0.717) is 34.8 Å². The third-order valence-corrected chi connectivity index (χ3v) is 8.26. The number of carbonyl (C=O) groups excluding carboxylic acids is 2. The van der Waals surface area contributed by atoms with E-state index >= 15 is 0 Å². The largest absolute Gasteiger partial charge is 0.284 e. The maximum absolute atomic E-state index is 13.4. The van der Waals surface area contributed by atoms with E-state index in [4.69, 9.17) is 4.98 Å². The van der Waals surface area contributed by atoms with Crippen LogP contribution in [0.25, 0.3) is 10.2 Å². The van der Waals surface area contributed by atoms with Crippen LogP contribution in [0.5, 0.6) is 0 Å². The van der Waals surface area contributed by atoms with E-state index in [9.17, 15) is 18.8 Å². The van der Waals surface area contributed by atoms with Gasteiger partial charge in [0.25, 0.3) is 11.5 Å². The Kier molecular flexibility index (Phi) is 6.72. The van der Waals surface area contributed by atoms with Crippen molar-refractivity contribution in [2.24, 2.45) is 0 Å². The van der Waals surface area contributed by atoms with Gasteiger partial charge in [0.2, 0.25) is 5.91 Å². The number of aryl methyl sites for hydroxylation is 2. The van der Waals surface area contributed by atoms with Crippen LogP contribution in [0.4, 0.5) is 4.39 Å². The van der Waals surface area contributed by atoms with Crippen LogP contribution < -0.4 is 5.56 Å². The van der Waals surface area contributed by atoms with Crippen LogP contribution in [0.2, 0.25) is 0 Å². The zero-order chi connectivity index (χ0) is 23.9. The quantitative estimate of drug-likeness (QED) is 0.378. The number of benzene rings is 1. The predicted molar refractivity (Wildman–Crippen MR) is 130 cm³/mol. The van der Waals surface area contributed by atoms with Gasteiger partial charge in [0, 0.05) is 23.0 Å². The Hall–Kier alpha value is -2.52. The smallest absolute Gasteiger partial charge is 0.263 e. The van der Waals surface area contributed by atoms with Crippen LogP contribution in [-0.4, -0.2) is 38.1 Å². The highest BCUT2D eigenvalue weighted by molar-refractivity contribution is 8.00.